The van der Waals surface area contributed by atoms with Crippen LogP contribution < -0.4 is 5.32 Å². The van der Waals surface area contributed by atoms with Crippen molar-refractivity contribution in [2.24, 2.45) is 0 Å². The summed E-state index contributed by atoms with van der Waals surface area (Å²) < 4.78 is 1.31. The van der Waals surface area contributed by atoms with Gasteiger partial charge in [0.1, 0.15) is 0 Å². The molecule has 0 spiro atoms. The second-order valence-electron chi connectivity index (χ2n) is 3.01. The number of benzene rings is 1. The smallest absolute Gasteiger partial charge is 0.0577 e. The SMILES string of the molecule is CNCC#Cc1ccc2ccsc2c1. The van der Waals surface area contributed by atoms with Crippen molar-refractivity contribution < 1.29 is 0 Å². The molecule has 2 rings (SSSR count). The summed E-state index contributed by atoms with van der Waals surface area (Å²) in [5.74, 6) is 6.17. The molecule has 0 bridgehead atoms. The molecule has 0 atom stereocenters. The summed E-state index contributed by atoms with van der Waals surface area (Å²) in [7, 11) is 1.90. The molecule has 0 saturated carbocycles. The van der Waals surface area contributed by atoms with Crippen LogP contribution in [0.15, 0.2) is 29.6 Å². The van der Waals surface area contributed by atoms with E-state index in [-0.39, 0.29) is 0 Å². The average Bonchev–Trinajstić information content (AvgIpc) is 2.65. The largest absolute Gasteiger partial charge is 0.309 e. The molecule has 14 heavy (non-hydrogen) atoms. The first-order chi connectivity index (χ1) is 6.90. The molecule has 1 heterocycles. The van der Waals surface area contributed by atoms with Crippen molar-refractivity contribution >= 4 is 21.4 Å². The van der Waals surface area contributed by atoms with Crippen molar-refractivity contribution in [3.05, 3.63) is 35.2 Å². The molecule has 0 fully saturated rings. The molecule has 0 saturated heterocycles. The van der Waals surface area contributed by atoms with E-state index in [0.29, 0.717) is 0 Å². The first-order valence-electron chi connectivity index (χ1n) is 4.51. The topological polar surface area (TPSA) is 12.0 Å². The summed E-state index contributed by atoms with van der Waals surface area (Å²) in [4.78, 5) is 0. The molecule has 1 nitrogen and oxygen atoms in total. The van der Waals surface area contributed by atoms with Gasteiger partial charge < -0.3 is 5.32 Å². The van der Waals surface area contributed by atoms with E-state index in [2.05, 4.69) is 46.8 Å². The Bertz CT molecular complexity index is 487. The second-order valence-corrected chi connectivity index (χ2v) is 3.95. The molecule has 0 unspecified atom stereocenters. The van der Waals surface area contributed by atoms with Crippen LogP contribution in [0.4, 0.5) is 0 Å². The van der Waals surface area contributed by atoms with E-state index in [0.717, 1.165) is 12.1 Å². The molecular formula is C12H11NS. The standard InChI is InChI=1S/C12H11NS/c1-13-7-2-3-10-4-5-11-6-8-14-12(11)9-10/h4-6,8-9,13H,7H2,1H3. The summed E-state index contributed by atoms with van der Waals surface area (Å²) in [6, 6.07) is 8.46. The van der Waals surface area contributed by atoms with Crippen molar-refractivity contribution in [3.8, 4) is 11.8 Å². The fourth-order valence-electron chi connectivity index (χ4n) is 1.27. The van der Waals surface area contributed by atoms with E-state index in [1.54, 1.807) is 11.3 Å². The molecule has 70 valence electrons. The molecule has 0 aliphatic heterocycles. The molecule has 1 aromatic heterocycles. The van der Waals surface area contributed by atoms with Crippen LogP contribution in [0.25, 0.3) is 10.1 Å². The molecule has 0 aliphatic rings. The average molecular weight is 201 g/mol. The van der Waals surface area contributed by atoms with Gasteiger partial charge in [-0.05, 0) is 36.0 Å². The molecule has 0 radical (unpaired) electrons. The van der Waals surface area contributed by atoms with Crippen LogP contribution >= 0.6 is 11.3 Å². The van der Waals surface area contributed by atoms with Crippen molar-refractivity contribution in [2.45, 2.75) is 0 Å². The molecule has 0 amide bonds. The van der Waals surface area contributed by atoms with E-state index in [4.69, 9.17) is 0 Å². The Hall–Kier alpha value is -1.30. The van der Waals surface area contributed by atoms with Gasteiger partial charge >= 0.3 is 0 Å². The quantitative estimate of drug-likeness (QED) is 0.699. The third-order valence-corrected chi connectivity index (χ3v) is 2.83. The fraction of sp³-hybridized carbons (Fsp3) is 0.167. The normalized spacial score (nSPS) is 9.79. The maximum absolute atomic E-state index is 3.12. The van der Waals surface area contributed by atoms with Crippen molar-refractivity contribution in [1.29, 1.82) is 0 Å². The van der Waals surface area contributed by atoms with Crippen molar-refractivity contribution in [2.75, 3.05) is 13.6 Å². The van der Waals surface area contributed by atoms with Gasteiger partial charge in [-0.1, -0.05) is 17.9 Å². The van der Waals surface area contributed by atoms with E-state index in [9.17, 15) is 0 Å². The molecule has 2 aromatic rings. The van der Waals surface area contributed by atoms with Gasteiger partial charge in [0.2, 0.25) is 0 Å². The number of hydrogen-bond acceptors (Lipinski definition) is 2. The van der Waals surface area contributed by atoms with Crippen molar-refractivity contribution in [1.82, 2.24) is 5.32 Å². The summed E-state index contributed by atoms with van der Waals surface area (Å²) in [6.07, 6.45) is 0. The highest BCUT2D eigenvalue weighted by atomic mass is 32.1. The summed E-state index contributed by atoms with van der Waals surface area (Å²) in [5, 5.41) is 6.41. The lowest BCUT2D eigenvalue weighted by molar-refractivity contribution is 0.938. The monoisotopic (exact) mass is 201 g/mol. The van der Waals surface area contributed by atoms with E-state index < -0.39 is 0 Å². The Morgan fingerprint density at radius 2 is 2.29 bits per heavy atom. The van der Waals surface area contributed by atoms with Gasteiger partial charge in [-0.15, -0.1) is 11.3 Å². The van der Waals surface area contributed by atoms with Gasteiger partial charge in [0.05, 0.1) is 6.54 Å². The number of nitrogens with one attached hydrogen (secondary N) is 1. The van der Waals surface area contributed by atoms with E-state index in [1.807, 2.05) is 7.05 Å². The number of thiophene rings is 1. The Labute approximate surface area is 87.8 Å². The maximum atomic E-state index is 3.12. The van der Waals surface area contributed by atoms with Crippen LogP contribution in [0, 0.1) is 11.8 Å². The Balaban J connectivity index is 2.31. The van der Waals surface area contributed by atoms with Crippen LogP contribution in [-0.2, 0) is 0 Å². The van der Waals surface area contributed by atoms with Gasteiger partial charge in [-0.2, -0.15) is 0 Å². The van der Waals surface area contributed by atoms with Gasteiger partial charge in [0, 0.05) is 10.3 Å². The van der Waals surface area contributed by atoms with Crippen molar-refractivity contribution in [3.63, 3.8) is 0 Å². The first-order valence-corrected chi connectivity index (χ1v) is 5.39. The van der Waals surface area contributed by atoms with Gasteiger partial charge in [0.15, 0.2) is 0 Å². The zero-order valence-corrected chi connectivity index (χ0v) is 8.82. The van der Waals surface area contributed by atoms with Crippen LogP contribution in [0.5, 0.6) is 0 Å². The minimum Gasteiger partial charge on any atom is -0.309 e. The summed E-state index contributed by atoms with van der Waals surface area (Å²) in [5.41, 5.74) is 1.09. The minimum atomic E-state index is 0.739. The minimum absolute atomic E-state index is 0.739. The Morgan fingerprint density at radius 1 is 1.36 bits per heavy atom. The molecular weight excluding hydrogens is 190 g/mol. The molecule has 2 heteroatoms. The van der Waals surface area contributed by atoms with Crippen LogP contribution in [-0.4, -0.2) is 13.6 Å². The van der Waals surface area contributed by atoms with E-state index >= 15 is 0 Å². The predicted octanol–water partition coefficient (Wildman–Crippen LogP) is 2.47. The van der Waals surface area contributed by atoms with Gasteiger partial charge in [0.25, 0.3) is 0 Å². The first kappa shape index (κ1) is 9.26. The summed E-state index contributed by atoms with van der Waals surface area (Å²) in [6.45, 7) is 0.739. The van der Waals surface area contributed by atoms with Crippen LogP contribution in [0.1, 0.15) is 5.56 Å². The Morgan fingerprint density at radius 3 is 3.14 bits per heavy atom. The lowest BCUT2D eigenvalue weighted by Gasteiger charge is -1.91. The third kappa shape index (κ3) is 1.95. The van der Waals surface area contributed by atoms with Gasteiger partial charge in [-0.25, -0.2) is 0 Å². The predicted molar refractivity (Wildman–Crippen MR) is 62.6 cm³/mol. The molecule has 1 N–H and O–H groups in total. The second kappa shape index (κ2) is 4.28. The number of rotatable bonds is 1. The van der Waals surface area contributed by atoms with Crippen LogP contribution in [0.2, 0.25) is 0 Å². The number of hydrogen-bond donors (Lipinski definition) is 1. The lowest BCUT2D eigenvalue weighted by Crippen LogP contribution is -2.04. The maximum Gasteiger partial charge on any atom is 0.0577 e. The lowest BCUT2D eigenvalue weighted by atomic mass is 10.2. The highest BCUT2D eigenvalue weighted by Crippen LogP contribution is 2.21. The van der Waals surface area contributed by atoms with Gasteiger partial charge in [-0.3, -0.25) is 0 Å². The molecule has 1 aromatic carbocycles. The summed E-state index contributed by atoms with van der Waals surface area (Å²) >= 11 is 1.76. The molecule has 0 aliphatic carbocycles. The highest BCUT2D eigenvalue weighted by molar-refractivity contribution is 7.17. The third-order valence-electron chi connectivity index (χ3n) is 1.95. The van der Waals surface area contributed by atoms with Crippen LogP contribution in [0.3, 0.4) is 0 Å². The zero-order valence-electron chi connectivity index (χ0n) is 8.00. The zero-order chi connectivity index (χ0) is 9.80. The number of fused-ring (bicyclic) bond motifs is 1. The fourth-order valence-corrected chi connectivity index (χ4v) is 2.10. The highest BCUT2D eigenvalue weighted by Gasteiger charge is 1.94. The van der Waals surface area contributed by atoms with E-state index in [1.165, 1.54) is 10.1 Å². The Kier molecular flexibility index (Phi) is 2.83.